The van der Waals surface area contributed by atoms with Gasteiger partial charge in [0.2, 0.25) is 12.6 Å². The highest BCUT2D eigenvalue weighted by Gasteiger charge is 2.46. The summed E-state index contributed by atoms with van der Waals surface area (Å²) in [6, 6.07) is 24.6. The Hall–Kier alpha value is -5.24. The molecule has 0 aliphatic carbocycles. The molecule has 16 heteroatoms. The molecule has 10 atom stereocenters. The van der Waals surface area contributed by atoms with Gasteiger partial charge in [0.15, 0.2) is 0 Å². The summed E-state index contributed by atoms with van der Waals surface area (Å²) in [6.07, 6.45) is -8.65. The minimum atomic E-state index is -1.64. The number of ether oxygens (including phenoxy) is 4. The van der Waals surface area contributed by atoms with Crippen LogP contribution in [0, 0.1) is 0 Å². The number of hydrogen-bond acceptors (Lipinski definition) is 14. The third kappa shape index (κ3) is 11.4. The van der Waals surface area contributed by atoms with Crippen molar-refractivity contribution in [3.63, 3.8) is 0 Å². The minimum Gasteiger partial charge on any atom is -0.481 e. The molecule has 16 nitrogen and oxygen atoms in total. The van der Waals surface area contributed by atoms with Crippen molar-refractivity contribution in [3.05, 3.63) is 119 Å². The molecule has 6 rings (SSSR count). The first kappa shape index (κ1) is 46.3. The van der Waals surface area contributed by atoms with Gasteiger partial charge in [0, 0.05) is 11.1 Å². The lowest BCUT2D eigenvalue weighted by molar-refractivity contribution is -0.277. The quantitative estimate of drug-likeness (QED) is 0.0639. The predicted molar refractivity (Wildman–Crippen MR) is 221 cm³/mol. The number of aliphatic carboxylic acids is 2. The second kappa shape index (κ2) is 21.2. The number of carbonyl (C=O) groups is 2. The van der Waals surface area contributed by atoms with Gasteiger partial charge in [-0.3, -0.25) is 9.59 Å². The molecule has 0 aromatic heterocycles. The van der Waals surface area contributed by atoms with Crippen LogP contribution < -0.4 is 9.47 Å². The van der Waals surface area contributed by atoms with E-state index in [-0.39, 0.29) is 24.3 Å². The van der Waals surface area contributed by atoms with Gasteiger partial charge in [0.05, 0.1) is 26.1 Å². The molecule has 62 heavy (non-hydrogen) atoms. The molecule has 0 bridgehead atoms. The second-order valence-corrected chi connectivity index (χ2v) is 15.4. The molecular weight excluding hydrogens is 808 g/mol. The zero-order valence-corrected chi connectivity index (χ0v) is 33.6. The molecule has 0 amide bonds. The SMILES string of the molecule is O=C(O)Cc1cccc(-c2cc(CC/C=C/CCc3ccc(O[C@H]4O[C@H](CO)[C@@H](O)[C@H](O)[C@@H]4O)c(-c4cccc(CC(=O)O)c4)c3)ccc2O[C@H]2O[C@H](CO)[C@@H](O)[C@H](O)[C@@H]2O)c1. The van der Waals surface area contributed by atoms with Gasteiger partial charge < -0.3 is 70.0 Å². The van der Waals surface area contributed by atoms with Crippen molar-refractivity contribution in [1.29, 1.82) is 0 Å². The summed E-state index contributed by atoms with van der Waals surface area (Å²) >= 11 is 0. The van der Waals surface area contributed by atoms with Gasteiger partial charge in [-0.2, -0.15) is 0 Å². The fourth-order valence-corrected chi connectivity index (χ4v) is 7.48. The number of rotatable bonds is 18. The Morgan fingerprint density at radius 1 is 0.516 bits per heavy atom. The van der Waals surface area contributed by atoms with E-state index in [9.17, 15) is 60.7 Å². The number of carboxylic acids is 2. The Bertz CT molecular complexity index is 2020. The summed E-state index contributed by atoms with van der Waals surface area (Å²) in [5.74, 6) is -1.47. The van der Waals surface area contributed by atoms with E-state index in [1.54, 1.807) is 60.7 Å². The Morgan fingerprint density at radius 2 is 0.919 bits per heavy atom. The monoisotopic (exact) mass is 860 g/mol. The van der Waals surface area contributed by atoms with Crippen LogP contribution in [0.5, 0.6) is 11.5 Å². The third-order valence-electron chi connectivity index (χ3n) is 10.8. The topological polar surface area (TPSA) is 273 Å². The van der Waals surface area contributed by atoms with Crippen molar-refractivity contribution in [3.8, 4) is 33.8 Å². The first-order valence-corrected chi connectivity index (χ1v) is 20.2. The molecule has 4 aromatic rings. The lowest BCUT2D eigenvalue weighted by Crippen LogP contribution is -2.60. The van der Waals surface area contributed by atoms with Crippen molar-refractivity contribution in [2.75, 3.05) is 13.2 Å². The van der Waals surface area contributed by atoms with Crippen LogP contribution in [0.4, 0.5) is 0 Å². The summed E-state index contributed by atoms with van der Waals surface area (Å²) < 4.78 is 23.3. The lowest BCUT2D eigenvalue weighted by atomic mass is 9.96. The van der Waals surface area contributed by atoms with Crippen LogP contribution in [-0.4, -0.2) is 138 Å². The highest BCUT2D eigenvalue weighted by Crippen LogP contribution is 2.37. The number of aliphatic hydroxyl groups is 8. The maximum Gasteiger partial charge on any atom is 0.307 e. The summed E-state index contributed by atoms with van der Waals surface area (Å²) in [7, 11) is 0. The summed E-state index contributed by atoms with van der Waals surface area (Å²) in [6.45, 7) is -1.24. The van der Waals surface area contributed by atoms with Crippen LogP contribution in [0.3, 0.4) is 0 Å². The number of carboxylic acid groups (broad SMARTS) is 2. The smallest absolute Gasteiger partial charge is 0.307 e. The van der Waals surface area contributed by atoms with Crippen molar-refractivity contribution in [2.45, 2.75) is 99.9 Å². The van der Waals surface area contributed by atoms with Crippen molar-refractivity contribution in [1.82, 2.24) is 0 Å². The first-order valence-electron chi connectivity index (χ1n) is 20.2. The Morgan fingerprint density at radius 3 is 1.29 bits per heavy atom. The predicted octanol–water partition coefficient (Wildman–Crippen LogP) is 1.75. The largest absolute Gasteiger partial charge is 0.481 e. The highest BCUT2D eigenvalue weighted by molar-refractivity contribution is 5.76. The lowest BCUT2D eigenvalue weighted by Gasteiger charge is -2.39. The fourth-order valence-electron chi connectivity index (χ4n) is 7.48. The van der Waals surface area contributed by atoms with Gasteiger partial charge in [0.25, 0.3) is 0 Å². The summed E-state index contributed by atoms with van der Waals surface area (Å²) in [5, 5.41) is 101. The third-order valence-corrected chi connectivity index (χ3v) is 10.8. The van der Waals surface area contributed by atoms with Gasteiger partial charge in [-0.15, -0.1) is 0 Å². The van der Waals surface area contributed by atoms with E-state index in [2.05, 4.69) is 0 Å². The molecule has 0 radical (unpaired) electrons. The van der Waals surface area contributed by atoms with E-state index in [4.69, 9.17) is 18.9 Å². The van der Waals surface area contributed by atoms with E-state index in [0.29, 0.717) is 59.1 Å². The molecule has 2 saturated heterocycles. The van der Waals surface area contributed by atoms with Gasteiger partial charge in [-0.25, -0.2) is 0 Å². The highest BCUT2D eigenvalue weighted by atomic mass is 16.7. The number of benzene rings is 4. The van der Waals surface area contributed by atoms with Crippen LogP contribution in [-0.2, 0) is 44.7 Å². The molecule has 2 aliphatic rings. The molecule has 0 spiro atoms. The van der Waals surface area contributed by atoms with Crippen LogP contribution in [0.2, 0.25) is 0 Å². The average Bonchev–Trinajstić information content (AvgIpc) is 3.25. The first-order chi connectivity index (χ1) is 29.8. The molecule has 10 N–H and O–H groups in total. The summed E-state index contributed by atoms with van der Waals surface area (Å²) in [5.41, 5.74) is 5.35. The van der Waals surface area contributed by atoms with Gasteiger partial charge in [-0.05, 0) is 83.3 Å². The van der Waals surface area contributed by atoms with Crippen LogP contribution in [0.15, 0.2) is 97.1 Å². The number of hydrogen-bond donors (Lipinski definition) is 10. The average molecular weight is 861 g/mol. The Balaban J connectivity index is 1.16. The standard InChI is InChI=1S/C46H52O16/c47-23-35-39(53)41(55)43(57)45(61-35)59-33-15-13-25(19-31(33)29-11-5-9-27(17-29)21-37(49)50)7-3-1-2-4-8-26-14-16-34(60-46-44(58)42(56)40(54)36(24-48)62-46)32(20-26)30-12-6-10-28(18-30)22-38(51)52/h1-2,5-6,9-20,35-36,39-48,53-58H,3-4,7-8,21-24H2,(H,49,50)(H,51,52)/b2-1+/t35-,36-,39-,40-,41+,42+,43+,44+,45+,46+/m1/s1. The number of allylic oxidation sites excluding steroid dienone is 2. The van der Waals surface area contributed by atoms with Crippen LogP contribution in [0.25, 0.3) is 22.3 Å². The zero-order valence-electron chi connectivity index (χ0n) is 33.6. The van der Waals surface area contributed by atoms with E-state index in [1.807, 2.05) is 36.4 Å². The Kier molecular flexibility index (Phi) is 15.8. The maximum atomic E-state index is 11.5. The van der Waals surface area contributed by atoms with Gasteiger partial charge in [0.1, 0.15) is 60.3 Å². The minimum absolute atomic E-state index is 0.206. The molecule has 2 aliphatic heterocycles. The van der Waals surface area contributed by atoms with E-state index in [0.717, 1.165) is 11.1 Å². The zero-order chi connectivity index (χ0) is 44.5. The number of aliphatic hydroxyl groups excluding tert-OH is 8. The molecule has 0 saturated carbocycles. The summed E-state index contributed by atoms with van der Waals surface area (Å²) in [4.78, 5) is 22.9. The van der Waals surface area contributed by atoms with E-state index >= 15 is 0 Å². The molecule has 0 unspecified atom stereocenters. The Labute approximate surface area is 357 Å². The van der Waals surface area contributed by atoms with Crippen molar-refractivity contribution < 1.29 is 79.6 Å². The number of aryl methyl sites for hydroxylation is 2. The fraction of sp³-hybridized carbons (Fsp3) is 0.391. The van der Waals surface area contributed by atoms with E-state index < -0.39 is 86.6 Å². The van der Waals surface area contributed by atoms with Crippen LogP contribution in [0.1, 0.15) is 35.1 Å². The second-order valence-electron chi connectivity index (χ2n) is 15.4. The van der Waals surface area contributed by atoms with Crippen molar-refractivity contribution in [2.24, 2.45) is 0 Å². The molecule has 4 aromatic carbocycles. The van der Waals surface area contributed by atoms with Crippen LogP contribution >= 0.6 is 0 Å². The normalized spacial score (nSPS) is 26.3. The maximum absolute atomic E-state index is 11.5. The molecule has 332 valence electrons. The molecule has 2 fully saturated rings. The van der Waals surface area contributed by atoms with Gasteiger partial charge >= 0.3 is 11.9 Å². The van der Waals surface area contributed by atoms with Gasteiger partial charge in [-0.1, -0.05) is 72.8 Å². The van der Waals surface area contributed by atoms with E-state index in [1.165, 1.54) is 0 Å². The molecular formula is C46H52O16. The molecule has 2 heterocycles. The van der Waals surface area contributed by atoms with Crippen molar-refractivity contribution >= 4 is 11.9 Å².